The van der Waals surface area contributed by atoms with Crippen LogP contribution in [0.15, 0.2) is 30.5 Å². The van der Waals surface area contributed by atoms with Crippen LogP contribution in [0, 0.1) is 5.92 Å². The number of aryl methyl sites for hydroxylation is 1. The fourth-order valence-corrected chi connectivity index (χ4v) is 6.09. The first-order valence-corrected chi connectivity index (χ1v) is 14.3. The summed E-state index contributed by atoms with van der Waals surface area (Å²) in [6.45, 7) is 6.47. The number of nitrogen functional groups attached to an aromatic ring is 1. The minimum Gasteiger partial charge on any atom is -0.383 e. The van der Waals surface area contributed by atoms with Gasteiger partial charge in [0, 0.05) is 19.1 Å². The number of hydrogen-bond donors (Lipinski definition) is 2. The van der Waals surface area contributed by atoms with Crippen molar-refractivity contribution in [3.8, 4) is 0 Å². The average Bonchev–Trinajstić information content (AvgIpc) is 3.31. The Morgan fingerprint density at radius 1 is 1.26 bits per heavy atom. The smallest absolute Gasteiger partial charge is 0.288 e. The van der Waals surface area contributed by atoms with Crippen molar-refractivity contribution in [2.75, 3.05) is 59.4 Å². The van der Waals surface area contributed by atoms with Crippen LogP contribution < -0.4 is 11.1 Å². The van der Waals surface area contributed by atoms with Gasteiger partial charge in [0.1, 0.15) is 10.8 Å². The van der Waals surface area contributed by atoms with Crippen molar-refractivity contribution < 1.29 is 9.59 Å². The van der Waals surface area contributed by atoms with E-state index < -0.39 is 5.91 Å². The number of nitrogens with two attached hydrogens (primary N) is 1. The Labute approximate surface area is 236 Å². The summed E-state index contributed by atoms with van der Waals surface area (Å²) in [5.74, 6) is 0.554. The lowest BCUT2D eigenvalue weighted by Gasteiger charge is -2.36. The van der Waals surface area contributed by atoms with E-state index in [0.29, 0.717) is 23.6 Å². The van der Waals surface area contributed by atoms with Crippen molar-refractivity contribution in [1.82, 2.24) is 24.7 Å². The Balaban J connectivity index is 0.000000255. The Morgan fingerprint density at radius 2 is 2.00 bits per heavy atom. The van der Waals surface area contributed by atoms with Gasteiger partial charge in [0.25, 0.3) is 5.91 Å². The van der Waals surface area contributed by atoms with Crippen LogP contribution in [0.25, 0.3) is 10.2 Å². The molecule has 212 valence electrons. The van der Waals surface area contributed by atoms with E-state index in [1.807, 2.05) is 18.3 Å². The van der Waals surface area contributed by atoms with E-state index in [-0.39, 0.29) is 6.29 Å². The number of nitrogens with zero attached hydrogens (tertiary/aromatic N) is 5. The zero-order valence-corrected chi connectivity index (χ0v) is 25.1. The van der Waals surface area contributed by atoms with Gasteiger partial charge in [-0.2, -0.15) is 0 Å². The molecule has 3 heterocycles. The first kappa shape index (κ1) is 30.6. The number of carbonyl (C=O) groups is 2. The van der Waals surface area contributed by atoms with Gasteiger partial charge >= 0.3 is 0 Å². The van der Waals surface area contributed by atoms with Crippen molar-refractivity contribution >= 4 is 45.3 Å². The standard InChI is InChI=1S/C20H32N4S.C9H11N3O2/c1-14-7-9-17(24(6)12-14)15-8-10-19-16(11-15)21-20(25-19)18(23(4)5)13-22(2)3;1-2-6-3-7(4-11-9(6)10)12-8(14)5-13/h8,10-11,14,17-18H,7,9,12-13H2,1-6H3;3-5H,2H2,1H3,(H2,10,11)(H,12,14)/t14?,17-,18?;/m1./s1. The third-order valence-electron chi connectivity index (χ3n) is 7.08. The molecule has 1 saturated heterocycles. The minimum atomic E-state index is -0.696. The number of hydrogen-bond acceptors (Lipinski definition) is 9. The number of piperidine rings is 1. The van der Waals surface area contributed by atoms with Crippen LogP contribution in [0.3, 0.4) is 0 Å². The quantitative estimate of drug-likeness (QED) is 0.315. The molecular formula is C29H43N7O2S. The summed E-state index contributed by atoms with van der Waals surface area (Å²) in [5, 5.41) is 3.59. The fourth-order valence-electron chi connectivity index (χ4n) is 4.96. The van der Waals surface area contributed by atoms with Gasteiger partial charge in [-0.15, -0.1) is 11.3 Å². The number of amides is 1. The Hall–Kier alpha value is -2.92. The normalized spacial score (nSPS) is 18.6. The van der Waals surface area contributed by atoms with E-state index in [1.165, 1.54) is 40.9 Å². The lowest BCUT2D eigenvalue weighted by atomic mass is 9.90. The van der Waals surface area contributed by atoms with Gasteiger partial charge in [-0.3, -0.25) is 19.4 Å². The molecule has 9 nitrogen and oxygen atoms in total. The maximum Gasteiger partial charge on any atom is 0.288 e. The van der Waals surface area contributed by atoms with Crippen molar-refractivity contribution in [2.24, 2.45) is 5.92 Å². The molecule has 3 aromatic rings. The summed E-state index contributed by atoms with van der Waals surface area (Å²) in [7, 11) is 10.8. The lowest BCUT2D eigenvalue weighted by Crippen LogP contribution is -2.34. The monoisotopic (exact) mass is 553 g/mol. The zero-order valence-electron chi connectivity index (χ0n) is 24.3. The van der Waals surface area contributed by atoms with Crippen LogP contribution in [0.2, 0.25) is 0 Å². The molecule has 0 bridgehead atoms. The number of nitrogens with one attached hydrogen (secondary N) is 1. The molecule has 0 aliphatic carbocycles. The SMILES string of the molecule is CC1CC[C@H](c2ccc3sc(C(CN(C)C)N(C)C)nc3c2)N(C)C1.CCc1cc(NC(=O)C=O)cnc1N. The molecule has 0 saturated carbocycles. The number of aldehydes is 1. The molecule has 3 atom stereocenters. The van der Waals surface area contributed by atoms with Crippen molar-refractivity contribution in [3.63, 3.8) is 0 Å². The van der Waals surface area contributed by atoms with Crippen LogP contribution in [0.1, 0.15) is 54.9 Å². The number of carbonyl (C=O) groups excluding carboxylic acids is 2. The number of fused-ring (bicyclic) bond motifs is 1. The van der Waals surface area contributed by atoms with Gasteiger partial charge in [-0.1, -0.05) is 19.9 Å². The topological polar surface area (TPSA) is 108 Å². The van der Waals surface area contributed by atoms with Crippen molar-refractivity contribution in [1.29, 1.82) is 0 Å². The third kappa shape index (κ3) is 8.28. The highest BCUT2D eigenvalue weighted by Crippen LogP contribution is 2.35. The van der Waals surface area contributed by atoms with Gasteiger partial charge in [0.05, 0.1) is 28.1 Å². The maximum atomic E-state index is 10.7. The average molecular weight is 554 g/mol. The first-order chi connectivity index (χ1) is 18.5. The summed E-state index contributed by atoms with van der Waals surface area (Å²) in [5.41, 5.74) is 9.48. The Bertz CT molecular complexity index is 1260. The molecule has 2 aromatic heterocycles. The Morgan fingerprint density at radius 3 is 2.62 bits per heavy atom. The number of likely N-dealkylation sites (N-methyl/N-ethyl adjacent to an activating group) is 2. The van der Waals surface area contributed by atoms with Gasteiger partial charge in [-0.05, 0) is 89.7 Å². The van der Waals surface area contributed by atoms with E-state index >= 15 is 0 Å². The van der Waals surface area contributed by atoms with Crippen molar-refractivity contribution in [2.45, 2.75) is 45.2 Å². The molecule has 1 fully saturated rings. The number of likely N-dealkylation sites (tertiary alicyclic amines) is 1. The van der Waals surface area contributed by atoms with Crippen LogP contribution in [-0.2, 0) is 16.0 Å². The second-order valence-electron chi connectivity index (χ2n) is 10.9. The van der Waals surface area contributed by atoms with Crippen LogP contribution in [0.5, 0.6) is 0 Å². The molecule has 0 radical (unpaired) electrons. The molecule has 3 N–H and O–H groups in total. The van der Waals surface area contributed by atoms with E-state index in [4.69, 9.17) is 10.7 Å². The number of pyridine rings is 1. The van der Waals surface area contributed by atoms with Crippen LogP contribution in [-0.4, -0.2) is 85.2 Å². The molecule has 1 aromatic carbocycles. The van der Waals surface area contributed by atoms with Gasteiger partial charge in [0.2, 0.25) is 6.29 Å². The molecule has 10 heteroatoms. The zero-order chi connectivity index (χ0) is 28.7. The summed E-state index contributed by atoms with van der Waals surface area (Å²) >= 11 is 1.84. The highest BCUT2D eigenvalue weighted by atomic mass is 32.1. The predicted octanol–water partition coefficient (Wildman–Crippen LogP) is 4.23. The summed E-state index contributed by atoms with van der Waals surface area (Å²) < 4.78 is 1.30. The van der Waals surface area contributed by atoms with Gasteiger partial charge in [-0.25, -0.2) is 9.97 Å². The number of rotatable bonds is 8. The second kappa shape index (κ2) is 13.9. The molecule has 1 aliphatic heterocycles. The lowest BCUT2D eigenvalue weighted by molar-refractivity contribution is -0.127. The first-order valence-electron chi connectivity index (χ1n) is 13.4. The summed E-state index contributed by atoms with van der Waals surface area (Å²) in [4.78, 5) is 36.7. The molecule has 2 unspecified atom stereocenters. The van der Waals surface area contributed by atoms with Crippen LogP contribution in [0.4, 0.5) is 11.5 Å². The van der Waals surface area contributed by atoms with Crippen molar-refractivity contribution in [3.05, 3.63) is 46.6 Å². The van der Waals surface area contributed by atoms with E-state index in [2.05, 4.69) is 85.4 Å². The number of thiazole rings is 1. The highest BCUT2D eigenvalue weighted by Gasteiger charge is 2.25. The van der Waals surface area contributed by atoms with E-state index in [9.17, 15) is 9.59 Å². The van der Waals surface area contributed by atoms with Gasteiger partial charge in [0.15, 0.2) is 0 Å². The molecule has 1 amide bonds. The summed E-state index contributed by atoms with van der Waals surface area (Å²) in [6, 6.07) is 9.50. The Kier molecular flexibility index (Phi) is 10.9. The maximum absolute atomic E-state index is 10.7. The molecular weight excluding hydrogens is 510 g/mol. The minimum absolute atomic E-state index is 0.210. The van der Waals surface area contributed by atoms with E-state index in [0.717, 1.165) is 30.0 Å². The third-order valence-corrected chi connectivity index (χ3v) is 8.22. The fraction of sp³-hybridized carbons (Fsp3) is 0.517. The highest BCUT2D eigenvalue weighted by molar-refractivity contribution is 7.18. The molecule has 1 aliphatic rings. The van der Waals surface area contributed by atoms with E-state index in [1.54, 1.807) is 6.07 Å². The summed E-state index contributed by atoms with van der Waals surface area (Å²) in [6.07, 6.45) is 4.92. The van der Waals surface area contributed by atoms with Gasteiger partial charge < -0.3 is 16.0 Å². The molecule has 0 spiro atoms. The molecule has 39 heavy (non-hydrogen) atoms. The predicted molar refractivity (Wildman–Crippen MR) is 161 cm³/mol. The van der Waals surface area contributed by atoms with Crippen LogP contribution >= 0.6 is 11.3 Å². The number of aromatic nitrogens is 2. The number of anilines is 2. The molecule has 4 rings (SSSR count). The largest absolute Gasteiger partial charge is 0.383 e. The second-order valence-corrected chi connectivity index (χ2v) is 12.0. The number of benzene rings is 1.